The van der Waals surface area contributed by atoms with Gasteiger partial charge >= 0.3 is 12.1 Å². The summed E-state index contributed by atoms with van der Waals surface area (Å²) in [5, 5.41) is 15.1. The van der Waals surface area contributed by atoms with Gasteiger partial charge in [0.1, 0.15) is 11.8 Å². The lowest BCUT2D eigenvalue weighted by molar-refractivity contribution is -0.155. The van der Waals surface area contributed by atoms with Crippen molar-refractivity contribution in [2.24, 2.45) is 10.8 Å². The highest BCUT2D eigenvalue weighted by Gasteiger charge is 2.49. The van der Waals surface area contributed by atoms with E-state index in [-0.39, 0.29) is 17.7 Å². The number of ether oxygens (including phenoxy) is 2. The van der Waals surface area contributed by atoms with Crippen LogP contribution in [0.1, 0.15) is 91.1 Å². The van der Waals surface area contributed by atoms with E-state index >= 15 is 0 Å². The van der Waals surface area contributed by atoms with Crippen molar-refractivity contribution in [3.05, 3.63) is 23.5 Å². The summed E-state index contributed by atoms with van der Waals surface area (Å²) in [6, 6.07) is 0. The first kappa shape index (κ1) is 29.2. The Balaban J connectivity index is 1.81. The molecule has 1 amide bonds. The van der Waals surface area contributed by atoms with Gasteiger partial charge < -0.3 is 24.4 Å². The zero-order valence-electron chi connectivity index (χ0n) is 24.0. The molecule has 9 nitrogen and oxygen atoms in total. The molecule has 0 saturated carbocycles. The number of allylic oxidation sites excluding steroid dienone is 2. The normalized spacial score (nSPS) is 24.0. The van der Waals surface area contributed by atoms with Gasteiger partial charge in [0, 0.05) is 45.0 Å². The summed E-state index contributed by atoms with van der Waals surface area (Å²) in [4.78, 5) is 28.4. The number of carboxylic acids is 1. The third-order valence-electron chi connectivity index (χ3n) is 7.89. The number of aliphatic carboxylic acids is 1. The number of likely N-dealkylation sites (N-methyl/N-ethyl adjacent to an activating group) is 2. The summed E-state index contributed by atoms with van der Waals surface area (Å²) in [6.45, 7) is 14.0. The molecule has 1 aliphatic heterocycles. The van der Waals surface area contributed by atoms with Crippen LogP contribution in [0.2, 0.25) is 0 Å². The van der Waals surface area contributed by atoms with Crippen LogP contribution < -0.4 is 0 Å². The van der Waals surface area contributed by atoms with Crippen LogP contribution in [-0.4, -0.2) is 76.1 Å². The molecule has 1 N–H and O–H groups in total. The Morgan fingerprint density at radius 1 is 1.22 bits per heavy atom. The highest BCUT2D eigenvalue weighted by molar-refractivity contribution is 5.81. The number of carboxylic acid groups (broad SMARTS) is 1. The third-order valence-corrected chi connectivity index (χ3v) is 7.89. The minimum absolute atomic E-state index is 0.101. The molecule has 2 atom stereocenters. The summed E-state index contributed by atoms with van der Waals surface area (Å²) in [5.41, 5.74) is 1.09. The number of carbonyl (C=O) groups is 2. The van der Waals surface area contributed by atoms with Crippen LogP contribution in [0.3, 0.4) is 0 Å². The average Bonchev–Trinajstić information content (AvgIpc) is 3.22. The second-order valence-electron chi connectivity index (χ2n) is 12.6. The topological polar surface area (TPSA) is 97.1 Å². The van der Waals surface area contributed by atoms with Gasteiger partial charge in [0.2, 0.25) is 0 Å². The zero-order valence-corrected chi connectivity index (χ0v) is 24.0. The van der Waals surface area contributed by atoms with Gasteiger partial charge in [0.25, 0.3) is 0 Å². The van der Waals surface area contributed by atoms with Crippen molar-refractivity contribution >= 4 is 17.6 Å². The highest BCUT2D eigenvalue weighted by Crippen LogP contribution is 2.52. The Morgan fingerprint density at radius 2 is 1.92 bits per heavy atom. The molecule has 0 spiro atoms. The van der Waals surface area contributed by atoms with E-state index in [1.165, 1.54) is 0 Å². The van der Waals surface area contributed by atoms with Crippen molar-refractivity contribution in [1.82, 2.24) is 19.6 Å². The monoisotopic (exact) mass is 518 g/mol. The fourth-order valence-electron chi connectivity index (χ4n) is 4.86. The summed E-state index contributed by atoms with van der Waals surface area (Å²) >= 11 is 0. The number of rotatable bonds is 8. The second-order valence-corrected chi connectivity index (χ2v) is 12.6. The summed E-state index contributed by atoms with van der Waals surface area (Å²) in [6.07, 6.45) is 7.95. The first-order valence-corrected chi connectivity index (χ1v) is 13.4. The number of aromatic nitrogens is 2. The molecule has 1 aliphatic carbocycles. The molecular formula is C28H46N4O5. The maximum Gasteiger partial charge on any atom is 0.410 e. The smallest absolute Gasteiger partial charge is 0.410 e. The van der Waals surface area contributed by atoms with E-state index in [0.29, 0.717) is 32.5 Å². The Bertz CT molecular complexity index is 1000. The van der Waals surface area contributed by atoms with Crippen molar-refractivity contribution in [2.75, 3.05) is 33.8 Å². The molecule has 1 fully saturated rings. The van der Waals surface area contributed by atoms with Crippen molar-refractivity contribution in [3.8, 4) is 0 Å². The van der Waals surface area contributed by atoms with E-state index in [1.807, 2.05) is 53.3 Å². The van der Waals surface area contributed by atoms with Crippen molar-refractivity contribution < 1.29 is 24.2 Å². The van der Waals surface area contributed by atoms with Crippen LogP contribution in [0.15, 0.2) is 12.3 Å². The van der Waals surface area contributed by atoms with E-state index in [9.17, 15) is 14.7 Å². The molecule has 0 radical (unpaired) electrons. The average molecular weight is 519 g/mol. The van der Waals surface area contributed by atoms with Gasteiger partial charge in [-0.25, -0.2) is 9.48 Å². The van der Waals surface area contributed by atoms with Gasteiger partial charge in [0.05, 0.1) is 11.1 Å². The molecule has 1 aromatic rings. The molecule has 0 aromatic carbocycles. The Kier molecular flexibility index (Phi) is 8.79. The molecule has 208 valence electrons. The quantitative estimate of drug-likeness (QED) is 0.507. The van der Waals surface area contributed by atoms with Gasteiger partial charge in [-0.2, -0.15) is 5.10 Å². The second kappa shape index (κ2) is 11.2. The van der Waals surface area contributed by atoms with Crippen molar-refractivity contribution in [3.63, 3.8) is 0 Å². The molecule has 0 bridgehead atoms. The Hall–Kier alpha value is -2.39. The Labute approximate surface area is 221 Å². The maximum atomic E-state index is 12.4. The molecule has 1 saturated heterocycles. The first-order chi connectivity index (χ1) is 17.1. The number of nitrogens with zero attached hydrogens (tertiary/aromatic N) is 4. The molecule has 2 heterocycles. The van der Waals surface area contributed by atoms with Crippen LogP contribution in [0.5, 0.6) is 0 Å². The van der Waals surface area contributed by atoms with Gasteiger partial charge in [-0.05, 0) is 77.8 Å². The molecule has 1 unspecified atom stereocenters. The van der Waals surface area contributed by atoms with Crippen LogP contribution in [0.25, 0.3) is 5.57 Å². The van der Waals surface area contributed by atoms with E-state index in [0.717, 1.165) is 42.7 Å². The van der Waals surface area contributed by atoms with E-state index in [4.69, 9.17) is 14.6 Å². The van der Waals surface area contributed by atoms with Crippen LogP contribution in [0, 0.1) is 10.8 Å². The summed E-state index contributed by atoms with van der Waals surface area (Å²) in [7, 11) is 3.76. The fraction of sp³-hybridized carbons (Fsp3) is 0.750. The van der Waals surface area contributed by atoms with E-state index in [1.54, 1.807) is 11.9 Å². The number of hydrogen-bond donors (Lipinski definition) is 1. The van der Waals surface area contributed by atoms with Crippen LogP contribution >= 0.6 is 0 Å². The molecule has 37 heavy (non-hydrogen) atoms. The predicted octanol–water partition coefficient (Wildman–Crippen LogP) is 5.18. The number of hydrogen-bond acceptors (Lipinski definition) is 6. The number of amides is 1. The van der Waals surface area contributed by atoms with Crippen molar-refractivity contribution in [2.45, 2.75) is 92.0 Å². The molecule has 3 rings (SSSR count). The summed E-state index contributed by atoms with van der Waals surface area (Å²) in [5.74, 6) is -0.776. The summed E-state index contributed by atoms with van der Waals surface area (Å²) < 4.78 is 13.4. The van der Waals surface area contributed by atoms with Crippen molar-refractivity contribution in [1.29, 1.82) is 0 Å². The van der Waals surface area contributed by atoms with Crippen LogP contribution in [-0.2, 0) is 20.8 Å². The van der Waals surface area contributed by atoms with Gasteiger partial charge in [-0.1, -0.05) is 19.9 Å². The largest absolute Gasteiger partial charge is 0.481 e. The standard InChI is InChI=1S/C28H46N4O5/c1-26(2,3)37-25(35)31(8)15-14-30(7)18-21-19-32(22-11-9-10-16-36-22)29-23(21)20-12-13-27(4,5)28(6,17-20)24(33)34/h12,19,22H,9-11,13-18H2,1-8H3,(H,33,34)/t22?,28-/m1/s1. The van der Waals surface area contributed by atoms with Gasteiger partial charge in [-0.15, -0.1) is 0 Å². The molecule has 1 aromatic heterocycles. The van der Waals surface area contributed by atoms with E-state index in [2.05, 4.69) is 17.2 Å². The molecule has 9 heteroatoms. The van der Waals surface area contributed by atoms with E-state index < -0.39 is 17.0 Å². The lowest BCUT2D eigenvalue weighted by Crippen LogP contribution is -2.44. The highest BCUT2D eigenvalue weighted by atomic mass is 16.6. The lowest BCUT2D eigenvalue weighted by Gasteiger charge is -2.44. The minimum atomic E-state index is -0.887. The zero-order chi connectivity index (χ0) is 27.6. The number of carbonyl (C=O) groups excluding carboxylic acids is 1. The first-order valence-electron chi connectivity index (χ1n) is 13.4. The lowest BCUT2D eigenvalue weighted by atomic mass is 9.59. The Morgan fingerprint density at radius 3 is 2.51 bits per heavy atom. The minimum Gasteiger partial charge on any atom is -0.481 e. The van der Waals surface area contributed by atoms with Gasteiger partial charge in [-0.3, -0.25) is 4.79 Å². The molecular weight excluding hydrogens is 472 g/mol. The third kappa shape index (κ3) is 6.93. The van der Waals surface area contributed by atoms with Gasteiger partial charge in [0.15, 0.2) is 0 Å². The maximum absolute atomic E-state index is 12.4. The molecule has 2 aliphatic rings. The van der Waals surface area contributed by atoms with Crippen LogP contribution in [0.4, 0.5) is 4.79 Å². The predicted molar refractivity (Wildman–Crippen MR) is 143 cm³/mol. The fourth-order valence-corrected chi connectivity index (χ4v) is 4.86. The SMILES string of the molecule is CN(CCN(C)C(=O)OC(C)(C)C)Cc1cn(C2CCCCO2)nc1C1=CCC(C)(C)[C@@](C)(C(=O)O)C1.